The van der Waals surface area contributed by atoms with Crippen molar-refractivity contribution in [2.75, 3.05) is 6.54 Å². The van der Waals surface area contributed by atoms with Gasteiger partial charge in [0.2, 0.25) is 11.8 Å². The van der Waals surface area contributed by atoms with E-state index in [-0.39, 0.29) is 25.3 Å². The molecule has 2 aliphatic heterocycles. The van der Waals surface area contributed by atoms with Gasteiger partial charge in [-0.05, 0) is 46.5 Å². The van der Waals surface area contributed by atoms with Gasteiger partial charge < -0.3 is 30.5 Å². The maximum atomic E-state index is 13.4. The van der Waals surface area contributed by atoms with Crippen LogP contribution < -0.4 is 10.6 Å². The smallest absolute Gasteiger partial charge is 0.408 e. The van der Waals surface area contributed by atoms with Gasteiger partial charge in [-0.2, -0.15) is 0 Å². The lowest BCUT2D eigenvalue weighted by molar-refractivity contribution is -0.145. The summed E-state index contributed by atoms with van der Waals surface area (Å²) in [5.41, 5.74) is -2.12. The standard InChI is InChI=1S/C23H35N3O7/c1-22(2,3)33-21(32)24-16-10-8-6-4-5-7-9-14-12-23(14,20(30)31)25-18(28)17-11-15(27)13-26(17)19(16)29/h7,9,14-17,27H,4-6,8,10-13H2,1-3H3,(H,24,32)(H,25,28)(H,30,31)/b9-7-/t14-,15+,16+,17+,23-/m1/s1. The molecule has 0 aromatic carbocycles. The van der Waals surface area contributed by atoms with Crippen molar-refractivity contribution in [1.29, 1.82) is 0 Å². The Bertz CT molecular complexity index is 821. The van der Waals surface area contributed by atoms with E-state index >= 15 is 0 Å². The maximum absolute atomic E-state index is 13.4. The number of carbonyl (C=O) groups is 4. The summed E-state index contributed by atoms with van der Waals surface area (Å²) in [5, 5.41) is 25.2. The molecule has 5 atom stereocenters. The van der Waals surface area contributed by atoms with Crippen molar-refractivity contribution in [2.45, 2.75) is 95.0 Å². The number of hydrogen-bond donors (Lipinski definition) is 4. The van der Waals surface area contributed by atoms with Gasteiger partial charge in [0.05, 0.1) is 6.10 Å². The summed E-state index contributed by atoms with van der Waals surface area (Å²) in [5.74, 6) is -2.51. The van der Waals surface area contributed by atoms with E-state index in [9.17, 15) is 29.4 Å². The Balaban J connectivity index is 1.83. The molecule has 1 saturated carbocycles. The fourth-order valence-electron chi connectivity index (χ4n) is 4.53. The first-order valence-corrected chi connectivity index (χ1v) is 11.6. The molecule has 1 saturated heterocycles. The van der Waals surface area contributed by atoms with E-state index in [1.54, 1.807) is 20.8 Å². The quantitative estimate of drug-likeness (QED) is 0.450. The number of amides is 3. The zero-order chi connectivity index (χ0) is 24.4. The normalized spacial score (nSPS) is 34.1. The Morgan fingerprint density at radius 2 is 1.97 bits per heavy atom. The topological polar surface area (TPSA) is 145 Å². The number of allylic oxidation sites excluding steroid dienone is 1. The van der Waals surface area contributed by atoms with Crippen LogP contribution in [0.2, 0.25) is 0 Å². The van der Waals surface area contributed by atoms with Crippen molar-refractivity contribution in [2.24, 2.45) is 5.92 Å². The van der Waals surface area contributed by atoms with Crippen LogP contribution in [-0.2, 0) is 19.1 Å². The lowest BCUT2D eigenvalue weighted by Gasteiger charge is -2.30. The van der Waals surface area contributed by atoms with Crippen molar-refractivity contribution in [3.63, 3.8) is 0 Å². The molecule has 2 heterocycles. The number of alkyl carbamates (subject to hydrolysis) is 1. The molecule has 0 unspecified atom stereocenters. The third-order valence-corrected chi connectivity index (χ3v) is 6.33. The molecule has 0 aromatic heterocycles. The first kappa shape index (κ1) is 25.0. The van der Waals surface area contributed by atoms with Gasteiger partial charge in [0.1, 0.15) is 23.2 Å². The fourth-order valence-corrected chi connectivity index (χ4v) is 4.53. The van der Waals surface area contributed by atoms with Gasteiger partial charge in [-0.1, -0.05) is 25.0 Å². The zero-order valence-electron chi connectivity index (χ0n) is 19.5. The molecule has 1 aliphatic carbocycles. The summed E-state index contributed by atoms with van der Waals surface area (Å²) in [7, 11) is 0. The highest BCUT2D eigenvalue weighted by Gasteiger charge is 2.61. The Morgan fingerprint density at radius 1 is 1.24 bits per heavy atom. The molecule has 10 nitrogen and oxygen atoms in total. The zero-order valence-corrected chi connectivity index (χ0v) is 19.5. The number of nitrogens with one attached hydrogen (secondary N) is 2. The number of aliphatic hydroxyl groups excluding tert-OH is 1. The van der Waals surface area contributed by atoms with Crippen molar-refractivity contribution in [3.8, 4) is 0 Å². The molecule has 10 heteroatoms. The molecule has 0 aromatic rings. The molecule has 0 bridgehead atoms. The Labute approximate surface area is 193 Å². The Morgan fingerprint density at radius 3 is 2.64 bits per heavy atom. The van der Waals surface area contributed by atoms with Gasteiger partial charge in [-0.15, -0.1) is 0 Å². The summed E-state index contributed by atoms with van der Waals surface area (Å²) in [6.07, 6.45) is 5.91. The molecular weight excluding hydrogens is 430 g/mol. The third kappa shape index (κ3) is 6.04. The molecule has 184 valence electrons. The highest BCUT2D eigenvalue weighted by atomic mass is 16.6. The number of hydrogen-bond acceptors (Lipinski definition) is 6. The number of fused-ring (bicyclic) bond motifs is 2. The van der Waals surface area contributed by atoms with Crippen LogP contribution in [0.4, 0.5) is 4.79 Å². The SMILES string of the molecule is CC(C)(C)OC(=O)N[C@H]1CCCCC/C=C\[C@@H]2C[C@@]2(C(=O)O)NC(=O)[C@@H]2C[C@H](O)CN2C1=O. The Kier molecular flexibility index (Phi) is 7.36. The highest BCUT2D eigenvalue weighted by Crippen LogP contribution is 2.45. The van der Waals surface area contributed by atoms with Crippen LogP contribution in [0.15, 0.2) is 12.2 Å². The monoisotopic (exact) mass is 465 g/mol. The Hall–Kier alpha value is -2.62. The van der Waals surface area contributed by atoms with E-state index in [1.807, 2.05) is 12.2 Å². The van der Waals surface area contributed by atoms with Gasteiger partial charge in [-0.25, -0.2) is 9.59 Å². The van der Waals surface area contributed by atoms with E-state index in [1.165, 1.54) is 4.90 Å². The lowest BCUT2D eigenvalue weighted by atomic mass is 10.0. The molecule has 33 heavy (non-hydrogen) atoms. The number of nitrogens with zero attached hydrogens (tertiary/aromatic N) is 1. The third-order valence-electron chi connectivity index (χ3n) is 6.33. The largest absolute Gasteiger partial charge is 0.479 e. The fraction of sp³-hybridized carbons (Fsp3) is 0.739. The summed E-state index contributed by atoms with van der Waals surface area (Å²) < 4.78 is 5.30. The number of aliphatic carboxylic acids is 1. The number of carboxylic acid groups (broad SMARTS) is 1. The summed E-state index contributed by atoms with van der Waals surface area (Å²) in [6.45, 7) is 5.10. The number of ether oxygens (including phenoxy) is 1. The average molecular weight is 466 g/mol. The van der Waals surface area contributed by atoms with Gasteiger partial charge in [0.25, 0.3) is 0 Å². The molecule has 4 N–H and O–H groups in total. The first-order chi connectivity index (χ1) is 15.4. The average Bonchev–Trinajstić information content (AvgIpc) is 3.25. The molecule has 0 radical (unpaired) electrons. The second-order valence-electron chi connectivity index (χ2n) is 10.2. The van der Waals surface area contributed by atoms with Crippen LogP contribution >= 0.6 is 0 Å². The minimum atomic E-state index is -1.38. The van der Waals surface area contributed by atoms with Gasteiger partial charge >= 0.3 is 12.1 Å². The molecule has 0 spiro atoms. The van der Waals surface area contributed by atoms with Crippen LogP contribution in [0.1, 0.15) is 65.7 Å². The van der Waals surface area contributed by atoms with Crippen molar-refractivity contribution in [1.82, 2.24) is 15.5 Å². The minimum absolute atomic E-state index is 0.00688. The van der Waals surface area contributed by atoms with Crippen LogP contribution in [-0.4, -0.2) is 74.9 Å². The number of aliphatic hydroxyl groups is 1. The van der Waals surface area contributed by atoms with Crippen LogP contribution in [0.5, 0.6) is 0 Å². The number of rotatable bonds is 2. The maximum Gasteiger partial charge on any atom is 0.408 e. The van der Waals surface area contributed by atoms with E-state index in [4.69, 9.17) is 4.74 Å². The summed E-state index contributed by atoms with van der Waals surface area (Å²) in [4.78, 5) is 52.0. The van der Waals surface area contributed by atoms with Gasteiger partial charge in [0.15, 0.2) is 0 Å². The van der Waals surface area contributed by atoms with E-state index in [0.29, 0.717) is 12.8 Å². The second kappa shape index (κ2) is 9.70. The molecule has 3 amide bonds. The highest BCUT2D eigenvalue weighted by molar-refractivity contribution is 5.96. The summed E-state index contributed by atoms with van der Waals surface area (Å²) in [6, 6.07) is -1.93. The van der Waals surface area contributed by atoms with E-state index < -0.39 is 53.2 Å². The van der Waals surface area contributed by atoms with Gasteiger partial charge in [0, 0.05) is 18.9 Å². The van der Waals surface area contributed by atoms with Crippen molar-refractivity contribution < 1.29 is 34.1 Å². The minimum Gasteiger partial charge on any atom is -0.479 e. The van der Waals surface area contributed by atoms with Crippen LogP contribution in [0.3, 0.4) is 0 Å². The molecule has 2 fully saturated rings. The predicted molar refractivity (Wildman–Crippen MR) is 118 cm³/mol. The van der Waals surface area contributed by atoms with Crippen molar-refractivity contribution in [3.05, 3.63) is 12.2 Å². The summed E-state index contributed by atoms with van der Waals surface area (Å²) >= 11 is 0. The number of carboxylic acids is 1. The second-order valence-corrected chi connectivity index (χ2v) is 10.2. The number of carbonyl (C=O) groups excluding carboxylic acids is 3. The van der Waals surface area contributed by atoms with E-state index in [0.717, 1.165) is 19.3 Å². The molecule has 3 rings (SSSR count). The molecule has 3 aliphatic rings. The predicted octanol–water partition coefficient (Wildman–Crippen LogP) is 1.32. The molecular formula is C23H35N3O7. The van der Waals surface area contributed by atoms with E-state index in [2.05, 4.69) is 10.6 Å². The van der Waals surface area contributed by atoms with Crippen LogP contribution in [0, 0.1) is 5.92 Å². The van der Waals surface area contributed by atoms with Crippen molar-refractivity contribution >= 4 is 23.9 Å². The van der Waals surface area contributed by atoms with Gasteiger partial charge in [-0.3, -0.25) is 9.59 Å². The van der Waals surface area contributed by atoms with Crippen LogP contribution in [0.25, 0.3) is 0 Å². The first-order valence-electron chi connectivity index (χ1n) is 11.6. The lowest BCUT2D eigenvalue weighted by Crippen LogP contribution is -2.56.